The molecular formula is C8H18O2. The van der Waals surface area contributed by atoms with Crippen molar-refractivity contribution in [3.63, 3.8) is 0 Å². The Kier molecular flexibility index (Phi) is 19.6. The highest BCUT2D eigenvalue weighted by Gasteiger charge is 1.69. The van der Waals surface area contributed by atoms with Gasteiger partial charge in [-0.3, -0.25) is 0 Å². The summed E-state index contributed by atoms with van der Waals surface area (Å²) in [4.78, 5) is 0. The van der Waals surface area contributed by atoms with Gasteiger partial charge in [-0.25, -0.2) is 0 Å². The van der Waals surface area contributed by atoms with Crippen LogP contribution in [0, 0.1) is 0 Å². The lowest BCUT2D eigenvalue weighted by Crippen LogP contribution is -1.75. The maximum absolute atomic E-state index is 8.07. The van der Waals surface area contributed by atoms with E-state index in [4.69, 9.17) is 10.2 Å². The summed E-state index contributed by atoms with van der Waals surface area (Å²) in [5, 5.41) is 16.0. The van der Waals surface area contributed by atoms with E-state index < -0.39 is 0 Å². The Hall–Kier alpha value is -0.340. The van der Waals surface area contributed by atoms with Crippen LogP contribution < -0.4 is 0 Å². The third kappa shape index (κ3) is 25.4. The molecule has 2 heteroatoms. The van der Waals surface area contributed by atoms with Crippen molar-refractivity contribution >= 4 is 0 Å². The minimum atomic E-state index is 0.163. The van der Waals surface area contributed by atoms with Gasteiger partial charge < -0.3 is 10.2 Å². The van der Waals surface area contributed by atoms with Gasteiger partial charge in [0.2, 0.25) is 0 Å². The molecular weight excluding hydrogens is 128 g/mol. The third-order valence-corrected chi connectivity index (χ3v) is 0.853. The molecule has 0 aromatic carbocycles. The molecule has 0 rings (SSSR count). The van der Waals surface area contributed by atoms with Crippen molar-refractivity contribution in [3.8, 4) is 0 Å². The minimum absolute atomic E-state index is 0.163. The van der Waals surface area contributed by atoms with Crippen LogP contribution in [0.2, 0.25) is 0 Å². The first-order valence-electron chi connectivity index (χ1n) is 3.66. The Bertz CT molecular complexity index is 58.3. The van der Waals surface area contributed by atoms with E-state index in [-0.39, 0.29) is 6.61 Å². The number of hydrogen-bond acceptors (Lipinski definition) is 2. The van der Waals surface area contributed by atoms with E-state index >= 15 is 0 Å². The summed E-state index contributed by atoms with van der Waals surface area (Å²) < 4.78 is 0. The van der Waals surface area contributed by atoms with Crippen LogP contribution in [0.15, 0.2) is 12.2 Å². The summed E-state index contributed by atoms with van der Waals surface area (Å²) in [5.41, 5.74) is 0. The molecule has 0 aliphatic rings. The predicted molar refractivity (Wildman–Crippen MR) is 43.9 cm³/mol. The largest absolute Gasteiger partial charge is 0.396 e. The second-order valence-corrected chi connectivity index (χ2v) is 1.83. The molecule has 0 aliphatic heterocycles. The standard InChI is InChI=1S/C4H10O.C4H8O/c2*1-2-3-4-5/h5H,2-4H2,1H3;2-3,5H,4H2,1H3/b;3-2+. The quantitative estimate of drug-likeness (QED) is 0.590. The molecule has 0 saturated heterocycles. The topological polar surface area (TPSA) is 40.5 Å². The molecule has 0 aromatic rings. The molecule has 0 atom stereocenters. The fraction of sp³-hybridized carbons (Fsp3) is 0.750. The molecule has 0 spiro atoms. The van der Waals surface area contributed by atoms with E-state index in [1.807, 2.05) is 6.92 Å². The summed E-state index contributed by atoms with van der Waals surface area (Å²) in [7, 11) is 0. The van der Waals surface area contributed by atoms with Gasteiger partial charge in [-0.05, 0) is 13.3 Å². The van der Waals surface area contributed by atoms with Gasteiger partial charge in [0.1, 0.15) is 0 Å². The summed E-state index contributed by atoms with van der Waals surface area (Å²) in [5.74, 6) is 0. The van der Waals surface area contributed by atoms with E-state index in [1.165, 1.54) is 0 Å². The lowest BCUT2D eigenvalue weighted by Gasteiger charge is -1.79. The molecule has 10 heavy (non-hydrogen) atoms. The molecule has 0 saturated carbocycles. The molecule has 0 unspecified atom stereocenters. The van der Waals surface area contributed by atoms with Crippen LogP contribution in [0.5, 0.6) is 0 Å². The van der Waals surface area contributed by atoms with Crippen molar-refractivity contribution in [2.75, 3.05) is 13.2 Å². The molecule has 0 aromatic heterocycles. The zero-order valence-corrected chi connectivity index (χ0v) is 6.88. The van der Waals surface area contributed by atoms with Gasteiger partial charge in [0, 0.05) is 6.61 Å². The van der Waals surface area contributed by atoms with E-state index in [2.05, 4.69) is 6.92 Å². The van der Waals surface area contributed by atoms with Crippen molar-refractivity contribution < 1.29 is 10.2 Å². The number of unbranched alkanes of at least 4 members (excludes halogenated alkanes) is 1. The molecule has 2 nitrogen and oxygen atoms in total. The molecule has 0 amide bonds. The second kappa shape index (κ2) is 15.9. The zero-order valence-electron chi connectivity index (χ0n) is 6.88. The van der Waals surface area contributed by atoms with Gasteiger partial charge in [-0.15, -0.1) is 0 Å². The zero-order chi connectivity index (χ0) is 8.24. The first kappa shape index (κ1) is 12.3. The average molecular weight is 146 g/mol. The maximum atomic E-state index is 8.07. The van der Waals surface area contributed by atoms with Crippen molar-refractivity contribution in [2.45, 2.75) is 26.7 Å². The predicted octanol–water partition coefficient (Wildman–Crippen LogP) is 1.33. The molecule has 0 bridgehead atoms. The molecule has 0 aliphatic carbocycles. The highest BCUT2D eigenvalue weighted by atomic mass is 16.3. The van der Waals surface area contributed by atoms with Gasteiger partial charge in [-0.1, -0.05) is 25.5 Å². The van der Waals surface area contributed by atoms with E-state index in [9.17, 15) is 0 Å². The van der Waals surface area contributed by atoms with Crippen molar-refractivity contribution in [3.05, 3.63) is 12.2 Å². The fourth-order valence-corrected chi connectivity index (χ4v) is 0.264. The summed E-state index contributed by atoms with van der Waals surface area (Å²) in [6.07, 6.45) is 5.52. The van der Waals surface area contributed by atoms with Crippen LogP contribution in [-0.2, 0) is 0 Å². The van der Waals surface area contributed by atoms with Gasteiger partial charge >= 0.3 is 0 Å². The fourth-order valence-electron chi connectivity index (χ4n) is 0.264. The molecule has 0 radical (unpaired) electrons. The number of hydrogen-bond donors (Lipinski definition) is 2. The highest BCUT2D eigenvalue weighted by molar-refractivity contribution is 4.74. The van der Waals surface area contributed by atoms with Gasteiger partial charge in [0.25, 0.3) is 0 Å². The Labute approximate surface area is 63.2 Å². The SMILES string of the molecule is C/C=C/CO.CCCCO. The number of aliphatic hydroxyl groups excluding tert-OH is 2. The van der Waals surface area contributed by atoms with Crippen LogP contribution in [0.3, 0.4) is 0 Å². The first-order chi connectivity index (χ1) is 4.83. The first-order valence-corrected chi connectivity index (χ1v) is 3.66. The molecule has 0 fully saturated rings. The maximum Gasteiger partial charge on any atom is 0.0612 e. The van der Waals surface area contributed by atoms with Crippen molar-refractivity contribution in [1.29, 1.82) is 0 Å². The van der Waals surface area contributed by atoms with Crippen LogP contribution in [0.4, 0.5) is 0 Å². The monoisotopic (exact) mass is 146 g/mol. The Balaban J connectivity index is 0. The normalized spacial score (nSPS) is 9.20. The van der Waals surface area contributed by atoms with Gasteiger partial charge in [-0.2, -0.15) is 0 Å². The Morgan fingerprint density at radius 2 is 1.90 bits per heavy atom. The third-order valence-electron chi connectivity index (χ3n) is 0.853. The van der Waals surface area contributed by atoms with Crippen molar-refractivity contribution in [1.82, 2.24) is 0 Å². The van der Waals surface area contributed by atoms with Crippen LogP contribution in [-0.4, -0.2) is 23.4 Å². The summed E-state index contributed by atoms with van der Waals surface area (Å²) in [6, 6.07) is 0. The lowest BCUT2D eigenvalue weighted by molar-refractivity contribution is 0.287. The van der Waals surface area contributed by atoms with Crippen LogP contribution in [0.1, 0.15) is 26.7 Å². The lowest BCUT2D eigenvalue weighted by atomic mass is 10.4. The molecule has 2 N–H and O–H groups in total. The molecule has 0 heterocycles. The number of allylic oxidation sites excluding steroid dienone is 1. The Morgan fingerprint density at radius 1 is 1.30 bits per heavy atom. The van der Waals surface area contributed by atoms with Crippen LogP contribution in [0.25, 0.3) is 0 Å². The average Bonchev–Trinajstić information content (AvgIpc) is 1.93. The Morgan fingerprint density at radius 3 is 1.90 bits per heavy atom. The van der Waals surface area contributed by atoms with E-state index in [0.717, 1.165) is 12.8 Å². The van der Waals surface area contributed by atoms with E-state index in [1.54, 1.807) is 12.2 Å². The highest BCUT2D eigenvalue weighted by Crippen LogP contribution is 1.78. The molecule has 62 valence electrons. The van der Waals surface area contributed by atoms with Gasteiger partial charge in [0.15, 0.2) is 0 Å². The minimum Gasteiger partial charge on any atom is -0.396 e. The second-order valence-electron chi connectivity index (χ2n) is 1.83. The van der Waals surface area contributed by atoms with Crippen LogP contribution >= 0.6 is 0 Å². The summed E-state index contributed by atoms with van der Waals surface area (Å²) in [6.45, 7) is 4.43. The van der Waals surface area contributed by atoms with E-state index in [0.29, 0.717) is 6.61 Å². The smallest absolute Gasteiger partial charge is 0.0612 e. The van der Waals surface area contributed by atoms with Crippen molar-refractivity contribution in [2.24, 2.45) is 0 Å². The number of aliphatic hydroxyl groups is 2. The summed E-state index contributed by atoms with van der Waals surface area (Å²) >= 11 is 0. The number of rotatable bonds is 3. The van der Waals surface area contributed by atoms with Gasteiger partial charge in [0.05, 0.1) is 6.61 Å².